The van der Waals surface area contributed by atoms with Gasteiger partial charge >= 0.3 is 5.97 Å². The monoisotopic (exact) mass is 414 g/mol. The van der Waals surface area contributed by atoms with Crippen molar-refractivity contribution in [2.24, 2.45) is 0 Å². The van der Waals surface area contributed by atoms with E-state index >= 15 is 0 Å². The van der Waals surface area contributed by atoms with Crippen LogP contribution in [0.4, 0.5) is 0 Å². The molecule has 2 aliphatic rings. The highest BCUT2D eigenvalue weighted by molar-refractivity contribution is 7.92. The van der Waals surface area contributed by atoms with Crippen molar-refractivity contribution in [3.8, 4) is 0 Å². The minimum Gasteiger partial charge on any atom is -0.458 e. The molecule has 4 rings (SSSR count). The Labute approximate surface area is 179 Å². The summed E-state index contributed by atoms with van der Waals surface area (Å²) in [5.74, 6) is 1.61. The first-order valence-electron chi connectivity index (χ1n) is 10.5. The molecule has 0 heterocycles. The minimum atomic E-state index is -2.26. The average molecular weight is 414 g/mol. The molecule has 0 radical (unpaired) electrons. The number of hydrogen-bond donors (Lipinski definition) is 0. The van der Waals surface area contributed by atoms with Crippen molar-refractivity contribution in [3.63, 3.8) is 0 Å². The fraction of sp³-hybridized carbons (Fsp3) is 0.185. The van der Waals surface area contributed by atoms with Crippen LogP contribution >= 0.6 is 6.89 Å². The van der Waals surface area contributed by atoms with E-state index in [1.54, 1.807) is 0 Å². The van der Waals surface area contributed by atoms with Crippen molar-refractivity contribution >= 4 is 29.3 Å². The molecular formula is C27H27O2P. The summed E-state index contributed by atoms with van der Waals surface area (Å²) in [5, 5.41) is 3.56. The van der Waals surface area contributed by atoms with E-state index in [2.05, 4.69) is 85.0 Å². The predicted octanol–water partition coefficient (Wildman–Crippen LogP) is 5.51. The van der Waals surface area contributed by atoms with Crippen LogP contribution in [0.2, 0.25) is 0 Å². The van der Waals surface area contributed by atoms with Crippen LogP contribution in [0, 0.1) is 0 Å². The summed E-state index contributed by atoms with van der Waals surface area (Å²) < 4.78 is 5.73. The fourth-order valence-corrected chi connectivity index (χ4v) is 7.76. The number of esters is 1. The molecule has 0 saturated heterocycles. The maximum atomic E-state index is 13.1. The van der Waals surface area contributed by atoms with Gasteiger partial charge in [0.25, 0.3) is 0 Å². The molecule has 0 aromatic heterocycles. The van der Waals surface area contributed by atoms with Gasteiger partial charge in [-0.15, -0.1) is 0 Å². The Morgan fingerprint density at radius 3 is 1.93 bits per heavy atom. The second-order valence-electron chi connectivity index (χ2n) is 7.50. The largest absolute Gasteiger partial charge is 0.458 e. The first-order valence-corrected chi connectivity index (χ1v) is 12.4. The van der Waals surface area contributed by atoms with E-state index in [0.717, 1.165) is 31.3 Å². The first-order chi connectivity index (χ1) is 14.8. The zero-order valence-corrected chi connectivity index (χ0v) is 18.0. The Morgan fingerprint density at radius 1 is 0.800 bits per heavy atom. The summed E-state index contributed by atoms with van der Waals surface area (Å²) in [6.07, 6.45) is 17.2. The third-order valence-electron chi connectivity index (χ3n) is 5.46. The van der Waals surface area contributed by atoms with Gasteiger partial charge in [-0.3, -0.25) is 0 Å². The van der Waals surface area contributed by atoms with Gasteiger partial charge in [-0.25, -0.2) is 4.79 Å². The van der Waals surface area contributed by atoms with E-state index in [9.17, 15) is 4.79 Å². The zero-order chi connectivity index (χ0) is 20.7. The molecular weight excluding hydrogens is 387 g/mol. The summed E-state index contributed by atoms with van der Waals surface area (Å²) in [6, 6.07) is 20.8. The quantitative estimate of drug-likeness (QED) is 0.460. The molecule has 0 unspecified atom stereocenters. The Kier molecular flexibility index (Phi) is 6.67. The average Bonchev–Trinajstić information content (AvgIpc) is 2.83. The molecule has 152 valence electrons. The van der Waals surface area contributed by atoms with Crippen LogP contribution in [0.3, 0.4) is 0 Å². The molecule has 30 heavy (non-hydrogen) atoms. The number of allylic oxidation sites excluding steroid dienone is 6. The first kappa shape index (κ1) is 20.4. The van der Waals surface area contributed by atoms with Crippen LogP contribution in [0.1, 0.15) is 25.7 Å². The van der Waals surface area contributed by atoms with Gasteiger partial charge in [0, 0.05) is 5.80 Å². The number of hydrogen-bond acceptors (Lipinski definition) is 2. The van der Waals surface area contributed by atoms with Crippen LogP contribution in [0.25, 0.3) is 0 Å². The van der Waals surface area contributed by atoms with Gasteiger partial charge in [0.2, 0.25) is 0 Å². The van der Waals surface area contributed by atoms with Crippen molar-refractivity contribution in [1.82, 2.24) is 0 Å². The smallest absolute Gasteiger partial charge is 0.332 e. The van der Waals surface area contributed by atoms with E-state index in [0.29, 0.717) is 6.61 Å². The molecule has 0 amide bonds. The Bertz CT molecular complexity index is 1010. The Balaban J connectivity index is 1.81. The number of carbonyl (C=O) groups excluding carboxylic acids is 1. The summed E-state index contributed by atoms with van der Waals surface area (Å²) in [7, 11) is 0. The molecule has 0 aliphatic heterocycles. The van der Waals surface area contributed by atoms with Gasteiger partial charge in [0.05, 0.1) is 0 Å². The van der Waals surface area contributed by atoms with Gasteiger partial charge in [0.15, 0.2) is 0 Å². The van der Waals surface area contributed by atoms with E-state index in [1.807, 2.05) is 17.9 Å². The lowest BCUT2D eigenvalue weighted by Crippen LogP contribution is -2.23. The Morgan fingerprint density at radius 2 is 1.40 bits per heavy atom. The van der Waals surface area contributed by atoms with Crippen LogP contribution in [0.5, 0.6) is 0 Å². The normalized spacial score (nSPS) is 15.9. The van der Waals surface area contributed by atoms with Gasteiger partial charge < -0.3 is 4.74 Å². The van der Waals surface area contributed by atoms with E-state index in [4.69, 9.17) is 4.74 Å². The topological polar surface area (TPSA) is 26.3 Å². The standard InChI is InChI=1S/C27H27O2P/c28-27(29-21-23-13-5-1-6-14-23)22-30(24-15-7-2-8-16-24,25-17-9-3-10-18-25)26-19-11-4-12-20-26/h2-3,5,7-11,13-20,22H,1,4,6,12,21H2. The zero-order valence-electron chi connectivity index (χ0n) is 17.1. The summed E-state index contributed by atoms with van der Waals surface area (Å²) in [6.45, 7) is -1.94. The molecule has 0 saturated carbocycles. The maximum absolute atomic E-state index is 13.1. The van der Waals surface area contributed by atoms with Crippen molar-refractivity contribution < 1.29 is 9.53 Å². The van der Waals surface area contributed by atoms with E-state index in [1.165, 1.54) is 15.9 Å². The summed E-state index contributed by atoms with van der Waals surface area (Å²) >= 11 is 0. The highest BCUT2D eigenvalue weighted by Crippen LogP contribution is 2.54. The SMILES string of the molecule is O=C(C=P(C1=CCCC=C1)(c1ccccc1)c1ccccc1)OCC1=CCCC=C1. The third kappa shape index (κ3) is 4.50. The van der Waals surface area contributed by atoms with E-state index in [-0.39, 0.29) is 5.97 Å². The van der Waals surface area contributed by atoms with Gasteiger partial charge in [-0.1, -0.05) is 97.1 Å². The van der Waals surface area contributed by atoms with Crippen LogP contribution in [-0.4, -0.2) is 18.4 Å². The van der Waals surface area contributed by atoms with Crippen molar-refractivity contribution in [3.05, 3.63) is 108 Å². The molecule has 0 N–H and O–H groups in total. The van der Waals surface area contributed by atoms with Crippen LogP contribution < -0.4 is 10.6 Å². The van der Waals surface area contributed by atoms with Crippen LogP contribution in [0.15, 0.2) is 108 Å². The number of ether oxygens (including phenoxy) is 1. The predicted molar refractivity (Wildman–Crippen MR) is 129 cm³/mol. The molecule has 2 aliphatic carbocycles. The van der Waals surface area contributed by atoms with Gasteiger partial charge in [-0.05, 0) is 54.1 Å². The minimum absolute atomic E-state index is 0.254. The number of carbonyl (C=O) groups is 1. The van der Waals surface area contributed by atoms with Crippen molar-refractivity contribution in [2.75, 3.05) is 6.61 Å². The molecule has 0 fully saturated rings. The highest BCUT2D eigenvalue weighted by Gasteiger charge is 2.28. The second kappa shape index (κ2) is 9.78. The molecule has 0 atom stereocenters. The lowest BCUT2D eigenvalue weighted by atomic mass is 10.1. The molecule has 0 bridgehead atoms. The lowest BCUT2D eigenvalue weighted by Gasteiger charge is -2.30. The molecule has 0 spiro atoms. The second-order valence-corrected chi connectivity index (χ2v) is 10.8. The maximum Gasteiger partial charge on any atom is 0.332 e. The van der Waals surface area contributed by atoms with Crippen LogP contribution in [-0.2, 0) is 9.53 Å². The molecule has 2 aromatic carbocycles. The van der Waals surface area contributed by atoms with Crippen molar-refractivity contribution in [2.45, 2.75) is 25.7 Å². The number of benzene rings is 2. The highest BCUT2D eigenvalue weighted by atomic mass is 31.2. The summed E-state index contributed by atoms with van der Waals surface area (Å²) in [5.41, 5.74) is 1.07. The van der Waals surface area contributed by atoms with E-state index < -0.39 is 6.89 Å². The molecule has 3 heteroatoms. The van der Waals surface area contributed by atoms with Gasteiger partial charge in [0.1, 0.15) is 6.61 Å². The van der Waals surface area contributed by atoms with Gasteiger partial charge in [-0.2, -0.15) is 0 Å². The number of rotatable bonds is 6. The molecule has 2 nitrogen and oxygen atoms in total. The third-order valence-corrected chi connectivity index (χ3v) is 9.43. The Hall–Kier alpha value is -2.83. The summed E-state index contributed by atoms with van der Waals surface area (Å²) in [4.78, 5) is 13.1. The van der Waals surface area contributed by atoms with Crippen molar-refractivity contribution in [1.29, 1.82) is 0 Å². The fourth-order valence-electron chi connectivity index (χ4n) is 3.98. The molecule has 2 aromatic rings. The lowest BCUT2D eigenvalue weighted by molar-refractivity contribution is -0.133.